The Hall–Kier alpha value is -2.15. The standard InChI is InChI=1S/C10H9N3O3S/c1-13-5-6(4-11-13)8(14)12-9-7(10(15)16)2-3-17-9/h2-5H,1H3,(H,12,14)(H,15,16). The molecule has 0 saturated heterocycles. The number of nitrogens with one attached hydrogen (secondary N) is 1. The van der Waals surface area contributed by atoms with Crippen molar-refractivity contribution in [1.29, 1.82) is 0 Å². The van der Waals surface area contributed by atoms with E-state index in [2.05, 4.69) is 10.4 Å². The Morgan fingerprint density at radius 2 is 2.29 bits per heavy atom. The van der Waals surface area contributed by atoms with Gasteiger partial charge < -0.3 is 10.4 Å². The Balaban J connectivity index is 2.18. The average Bonchev–Trinajstić information content (AvgIpc) is 2.86. The first-order valence-corrected chi connectivity index (χ1v) is 5.56. The van der Waals surface area contributed by atoms with Crippen LogP contribution in [0.15, 0.2) is 23.8 Å². The third kappa shape index (κ3) is 2.34. The molecule has 0 atom stereocenters. The number of thiophene rings is 1. The maximum atomic E-state index is 11.7. The van der Waals surface area contributed by atoms with E-state index in [1.165, 1.54) is 28.3 Å². The van der Waals surface area contributed by atoms with Crippen molar-refractivity contribution >= 4 is 28.2 Å². The van der Waals surface area contributed by atoms with Crippen molar-refractivity contribution in [2.45, 2.75) is 0 Å². The summed E-state index contributed by atoms with van der Waals surface area (Å²) in [6.45, 7) is 0. The monoisotopic (exact) mass is 251 g/mol. The van der Waals surface area contributed by atoms with Crippen LogP contribution in [0.2, 0.25) is 0 Å². The molecule has 0 fully saturated rings. The summed E-state index contributed by atoms with van der Waals surface area (Å²) in [6, 6.07) is 1.45. The molecule has 0 spiro atoms. The van der Waals surface area contributed by atoms with Crippen LogP contribution in [-0.4, -0.2) is 26.8 Å². The predicted molar refractivity (Wildman–Crippen MR) is 62.4 cm³/mol. The fourth-order valence-corrected chi connectivity index (χ4v) is 2.06. The number of carboxylic acids is 1. The minimum Gasteiger partial charge on any atom is -0.478 e. The van der Waals surface area contributed by atoms with Gasteiger partial charge in [0.25, 0.3) is 5.91 Å². The zero-order chi connectivity index (χ0) is 12.4. The molecule has 2 aromatic heterocycles. The van der Waals surface area contributed by atoms with Crippen LogP contribution in [0.5, 0.6) is 0 Å². The third-order valence-electron chi connectivity index (χ3n) is 2.09. The van der Waals surface area contributed by atoms with Crippen LogP contribution < -0.4 is 5.32 Å². The topological polar surface area (TPSA) is 84.2 Å². The van der Waals surface area contributed by atoms with E-state index in [1.807, 2.05) is 0 Å². The number of rotatable bonds is 3. The fraction of sp³-hybridized carbons (Fsp3) is 0.100. The van der Waals surface area contributed by atoms with Gasteiger partial charge >= 0.3 is 5.97 Å². The molecule has 1 amide bonds. The van der Waals surface area contributed by atoms with Gasteiger partial charge in [-0.05, 0) is 11.4 Å². The highest BCUT2D eigenvalue weighted by Gasteiger charge is 2.15. The number of hydrogen-bond acceptors (Lipinski definition) is 4. The number of carbonyl (C=O) groups is 2. The number of carbonyl (C=O) groups excluding carboxylic acids is 1. The second-order valence-electron chi connectivity index (χ2n) is 3.33. The summed E-state index contributed by atoms with van der Waals surface area (Å²) in [4.78, 5) is 22.6. The van der Waals surface area contributed by atoms with Crippen molar-refractivity contribution in [3.8, 4) is 0 Å². The van der Waals surface area contributed by atoms with Crippen molar-refractivity contribution < 1.29 is 14.7 Å². The smallest absolute Gasteiger partial charge is 0.338 e. The van der Waals surface area contributed by atoms with Gasteiger partial charge in [-0.25, -0.2) is 4.79 Å². The summed E-state index contributed by atoms with van der Waals surface area (Å²) in [5.74, 6) is -1.43. The van der Waals surface area contributed by atoms with Crippen LogP contribution >= 0.6 is 11.3 Å². The molecule has 0 saturated carbocycles. The SMILES string of the molecule is Cn1cc(C(=O)Nc2sccc2C(=O)O)cn1. The Bertz CT molecular complexity index is 573. The molecule has 2 rings (SSSR count). The lowest BCUT2D eigenvalue weighted by molar-refractivity contribution is 0.0698. The molecule has 0 aliphatic carbocycles. The van der Waals surface area contributed by atoms with E-state index in [9.17, 15) is 9.59 Å². The van der Waals surface area contributed by atoms with E-state index in [0.29, 0.717) is 10.6 Å². The van der Waals surface area contributed by atoms with Crippen LogP contribution in [0.3, 0.4) is 0 Å². The van der Waals surface area contributed by atoms with Crippen molar-refractivity contribution in [2.24, 2.45) is 7.05 Å². The molecule has 2 aromatic rings. The Kier molecular flexibility index (Phi) is 2.92. The van der Waals surface area contributed by atoms with E-state index < -0.39 is 5.97 Å². The molecular formula is C10H9N3O3S. The van der Waals surface area contributed by atoms with Gasteiger partial charge in [-0.3, -0.25) is 9.48 Å². The lowest BCUT2D eigenvalue weighted by Gasteiger charge is -2.01. The van der Waals surface area contributed by atoms with Gasteiger partial charge in [-0.1, -0.05) is 0 Å². The first-order valence-electron chi connectivity index (χ1n) is 4.68. The summed E-state index contributed by atoms with van der Waals surface area (Å²) < 4.78 is 1.50. The number of nitrogens with zero attached hydrogens (tertiary/aromatic N) is 2. The first kappa shape index (κ1) is 11.3. The van der Waals surface area contributed by atoms with E-state index >= 15 is 0 Å². The lowest BCUT2D eigenvalue weighted by atomic mass is 10.3. The predicted octanol–water partition coefficient (Wildman–Crippen LogP) is 1.43. The van der Waals surface area contributed by atoms with Gasteiger partial charge in [0.1, 0.15) is 5.00 Å². The van der Waals surface area contributed by atoms with Crippen LogP contribution in [0.4, 0.5) is 5.00 Å². The second kappa shape index (κ2) is 4.38. The van der Waals surface area contributed by atoms with Crippen molar-refractivity contribution in [1.82, 2.24) is 9.78 Å². The molecule has 2 N–H and O–H groups in total. The van der Waals surface area contributed by atoms with E-state index in [4.69, 9.17) is 5.11 Å². The van der Waals surface area contributed by atoms with E-state index in [-0.39, 0.29) is 11.5 Å². The maximum absolute atomic E-state index is 11.7. The normalized spacial score (nSPS) is 10.2. The van der Waals surface area contributed by atoms with Crippen LogP contribution in [0, 0.1) is 0 Å². The molecule has 88 valence electrons. The number of aromatic nitrogens is 2. The second-order valence-corrected chi connectivity index (χ2v) is 4.24. The van der Waals surface area contributed by atoms with Gasteiger partial charge in [-0.15, -0.1) is 11.3 Å². The van der Waals surface area contributed by atoms with Gasteiger partial charge in [0.05, 0.1) is 17.3 Å². The fourth-order valence-electron chi connectivity index (χ4n) is 1.29. The van der Waals surface area contributed by atoms with Gasteiger partial charge in [0.15, 0.2) is 0 Å². The quantitative estimate of drug-likeness (QED) is 0.864. The molecule has 7 heteroatoms. The molecule has 0 radical (unpaired) electrons. The van der Waals surface area contributed by atoms with Crippen molar-refractivity contribution in [3.05, 3.63) is 35.0 Å². The molecule has 17 heavy (non-hydrogen) atoms. The summed E-state index contributed by atoms with van der Waals surface area (Å²) in [5, 5.41) is 17.2. The van der Waals surface area contributed by atoms with Gasteiger partial charge in [0.2, 0.25) is 0 Å². The number of aryl methyl sites for hydroxylation is 1. The van der Waals surface area contributed by atoms with Crippen molar-refractivity contribution in [3.63, 3.8) is 0 Å². The summed E-state index contributed by atoms with van der Waals surface area (Å²) >= 11 is 1.17. The minimum atomic E-state index is -1.06. The number of amides is 1. The molecule has 0 aliphatic heterocycles. The molecule has 0 aliphatic rings. The molecule has 0 unspecified atom stereocenters. The molecule has 0 bridgehead atoms. The zero-order valence-corrected chi connectivity index (χ0v) is 9.69. The lowest BCUT2D eigenvalue weighted by Crippen LogP contribution is -2.12. The summed E-state index contributed by atoms with van der Waals surface area (Å²) in [7, 11) is 1.70. The Morgan fingerprint density at radius 3 is 2.88 bits per heavy atom. The van der Waals surface area contributed by atoms with E-state index in [1.54, 1.807) is 18.6 Å². The van der Waals surface area contributed by atoms with Crippen LogP contribution in [-0.2, 0) is 7.05 Å². The highest BCUT2D eigenvalue weighted by molar-refractivity contribution is 7.14. The third-order valence-corrected chi connectivity index (χ3v) is 2.92. The highest BCUT2D eigenvalue weighted by Crippen LogP contribution is 2.23. The van der Waals surface area contributed by atoms with Gasteiger partial charge in [0, 0.05) is 13.2 Å². The highest BCUT2D eigenvalue weighted by atomic mass is 32.1. The average molecular weight is 251 g/mol. The van der Waals surface area contributed by atoms with E-state index in [0.717, 1.165) is 0 Å². The molecule has 6 nitrogen and oxygen atoms in total. The maximum Gasteiger partial charge on any atom is 0.338 e. The molecule has 0 aromatic carbocycles. The number of anilines is 1. The largest absolute Gasteiger partial charge is 0.478 e. The number of hydrogen-bond donors (Lipinski definition) is 2. The van der Waals surface area contributed by atoms with Crippen LogP contribution in [0.1, 0.15) is 20.7 Å². The Labute approximate surface area is 100 Å². The summed E-state index contributed by atoms with van der Waals surface area (Å²) in [5.41, 5.74) is 0.476. The van der Waals surface area contributed by atoms with Crippen molar-refractivity contribution in [2.75, 3.05) is 5.32 Å². The first-order chi connectivity index (χ1) is 8.08. The van der Waals surface area contributed by atoms with Crippen LogP contribution in [0.25, 0.3) is 0 Å². The minimum absolute atomic E-state index is 0.0900. The number of aromatic carboxylic acids is 1. The summed E-state index contributed by atoms with van der Waals surface area (Å²) in [6.07, 6.45) is 2.98. The number of carboxylic acid groups (broad SMARTS) is 1. The molecular weight excluding hydrogens is 242 g/mol. The Morgan fingerprint density at radius 1 is 1.53 bits per heavy atom. The zero-order valence-electron chi connectivity index (χ0n) is 8.88. The molecule has 2 heterocycles. The van der Waals surface area contributed by atoms with Gasteiger partial charge in [-0.2, -0.15) is 5.10 Å².